The van der Waals surface area contributed by atoms with E-state index >= 15 is 0 Å². The summed E-state index contributed by atoms with van der Waals surface area (Å²) in [6, 6.07) is 9.78. The highest BCUT2D eigenvalue weighted by molar-refractivity contribution is 6.73. The first kappa shape index (κ1) is 25.1. The van der Waals surface area contributed by atoms with Crippen LogP contribution in [0.1, 0.15) is 38.0 Å². The smallest absolute Gasteiger partial charge is 0.192 e. The van der Waals surface area contributed by atoms with Crippen LogP contribution in [0.4, 0.5) is 8.78 Å². The number of benzene rings is 2. The predicted molar refractivity (Wildman–Crippen MR) is 122 cm³/mol. The average molecular weight is 476 g/mol. The van der Waals surface area contributed by atoms with Crippen LogP contribution in [-0.2, 0) is 11.0 Å². The summed E-state index contributed by atoms with van der Waals surface area (Å²) in [7, 11) is -0.425. The summed E-state index contributed by atoms with van der Waals surface area (Å²) >= 11 is 12.7. The second-order valence-corrected chi connectivity index (χ2v) is 12.8. The predicted octanol–water partition coefficient (Wildman–Crippen LogP) is 7.13. The zero-order valence-electron chi connectivity index (χ0n) is 17.8. The normalized spacial score (nSPS) is 12.8. The van der Waals surface area contributed by atoms with Crippen molar-refractivity contribution >= 4 is 31.5 Å². The van der Waals surface area contributed by atoms with Gasteiger partial charge in [-0.05, 0) is 48.0 Å². The van der Waals surface area contributed by atoms with Crippen LogP contribution in [0.15, 0.2) is 30.3 Å². The number of hydrogen-bond donors (Lipinski definition) is 1. The first-order chi connectivity index (χ1) is 14.3. The van der Waals surface area contributed by atoms with Crippen LogP contribution >= 0.6 is 23.2 Å². The molecule has 3 nitrogen and oxygen atoms in total. The Labute approximate surface area is 188 Å². The third-order valence-corrected chi connectivity index (χ3v) is 10.7. The molecule has 0 aliphatic rings. The maximum Gasteiger partial charge on any atom is 0.192 e. The third-order valence-electron chi connectivity index (χ3n) is 5.50. The molecule has 1 N–H and O–H groups in total. The van der Waals surface area contributed by atoms with E-state index in [1.807, 2.05) is 0 Å². The highest BCUT2D eigenvalue weighted by Crippen LogP contribution is 2.39. The van der Waals surface area contributed by atoms with Crippen molar-refractivity contribution in [1.82, 2.24) is 5.32 Å². The second-order valence-electron chi connectivity index (χ2n) is 7.26. The Hall–Kier alpha value is -1.18. The molecule has 0 fully saturated rings. The molecule has 2 rings (SSSR count). The van der Waals surface area contributed by atoms with Gasteiger partial charge in [0.2, 0.25) is 0 Å². The number of rotatable bonds is 11. The van der Waals surface area contributed by atoms with E-state index in [-0.39, 0.29) is 6.10 Å². The molecule has 0 radical (unpaired) electrons. The van der Waals surface area contributed by atoms with Gasteiger partial charge >= 0.3 is 0 Å². The van der Waals surface area contributed by atoms with Crippen LogP contribution in [0.3, 0.4) is 0 Å². The van der Waals surface area contributed by atoms with Gasteiger partial charge in [0.25, 0.3) is 0 Å². The Morgan fingerprint density at radius 3 is 2.10 bits per heavy atom. The van der Waals surface area contributed by atoms with Gasteiger partial charge in [-0.25, -0.2) is 8.78 Å². The zero-order valence-corrected chi connectivity index (χ0v) is 20.3. The molecule has 1 atom stereocenters. The molecule has 0 amide bonds. The van der Waals surface area contributed by atoms with Gasteiger partial charge in [-0.15, -0.1) is 0 Å². The van der Waals surface area contributed by atoms with Crippen LogP contribution in [0.2, 0.25) is 28.2 Å². The van der Waals surface area contributed by atoms with Crippen LogP contribution in [0.25, 0.3) is 0 Å². The molecule has 0 spiro atoms. The maximum absolute atomic E-state index is 13.5. The molecule has 0 aliphatic heterocycles. The monoisotopic (exact) mass is 475 g/mol. The van der Waals surface area contributed by atoms with Gasteiger partial charge in [-0.3, -0.25) is 0 Å². The molecule has 2 aromatic rings. The standard InChI is InChI=1S/C22H29Cl2F2NO2Si/c1-5-30(6-2,7-3)29-21(22-19(24)10-16(23)11-20(22)28-4)14-27-13-15-8-17(25)12-18(26)9-15/h8-12,21,27H,5-7,13-14H2,1-4H3. The van der Waals surface area contributed by atoms with E-state index in [4.69, 9.17) is 32.4 Å². The summed E-state index contributed by atoms with van der Waals surface area (Å²) in [6.07, 6.45) is -0.380. The van der Waals surface area contributed by atoms with E-state index in [0.29, 0.717) is 34.4 Å². The molecule has 166 valence electrons. The fraction of sp³-hybridized carbons (Fsp3) is 0.455. The molecular weight excluding hydrogens is 447 g/mol. The molecular formula is C22H29Cl2F2NO2Si. The zero-order chi connectivity index (χ0) is 22.3. The largest absolute Gasteiger partial charge is 0.496 e. The molecule has 30 heavy (non-hydrogen) atoms. The van der Waals surface area contributed by atoms with E-state index < -0.39 is 20.0 Å². The van der Waals surface area contributed by atoms with Crippen molar-refractivity contribution < 1.29 is 17.9 Å². The van der Waals surface area contributed by atoms with Crippen molar-refractivity contribution in [3.63, 3.8) is 0 Å². The number of halogens is 4. The quantitative estimate of drug-likeness (QED) is 0.350. The van der Waals surface area contributed by atoms with E-state index in [1.54, 1.807) is 19.2 Å². The Balaban J connectivity index is 2.32. The van der Waals surface area contributed by atoms with Gasteiger partial charge in [-0.2, -0.15) is 0 Å². The molecule has 0 saturated heterocycles. The molecule has 1 unspecified atom stereocenters. The molecule has 2 aromatic carbocycles. The van der Waals surface area contributed by atoms with Crippen molar-refractivity contribution in [2.45, 2.75) is 51.6 Å². The van der Waals surface area contributed by atoms with E-state index in [1.165, 1.54) is 12.1 Å². The second kappa shape index (κ2) is 11.4. The van der Waals surface area contributed by atoms with Crippen LogP contribution in [0.5, 0.6) is 5.75 Å². The lowest BCUT2D eigenvalue weighted by Crippen LogP contribution is -2.40. The molecule has 0 bridgehead atoms. The van der Waals surface area contributed by atoms with Gasteiger partial charge in [0.15, 0.2) is 8.32 Å². The number of nitrogens with one attached hydrogen (secondary N) is 1. The summed E-state index contributed by atoms with van der Waals surface area (Å²) in [5.41, 5.74) is 1.25. The number of ether oxygens (including phenoxy) is 1. The average Bonchev–Trinajstić information content (AvgIpc) is 2.70. The van der Waals surface area contributed by atoms with E-state index in [9.17, 15) is 8.78 Å². The first-order valence-corrected chi connectivity index (χ1v) is 13.4. The molecule has 0 aromatic heterocycles. The van der Waals surface area contributed by atoms with Gasteiger partial charge in [0.1, 0.15) is 17.4 Å². The SMILES string of the molecule is CC[Si](CC)(CC)OC(CNCc1cc(F)cc(F)c1)c1c(Cl)cc(Cl)cc1OC. The summed E-state index contributed by atoms with van der Waals surface area (Å²) < 4.78 is 39.3. The van der Waals surface area contributed by atoms with Crippen LogP contribution in [-0.4, -0.2) is 22.0 Å². The lowest BCUT2D eigenvalue weighted by atomic mass is 10.1. The van der Waals surface area contributed by atoms with Gasteiger partial charge in [0.05, 0.1) is 18.2 Å². The van der Waals surface area contributed by atoms with Crippen molar-refractivity contribution in [2.24, 2.45) is 0 Å². The summed E-state index contributed by atoms with van der Waals surface area (Å²) in [6.45, 7) is 7.16. The molecule has 0 saturated carbocycles. The van der Waals surface area contributed by atoms with Crippen molar-refractivity contribution in [2.75, 3.05) is 13.7 Å². The third kappa shape index (κ3) is 6.41. The summed E-state index contributed by atoms with van der Waals surface area (Å²) in [5.74, 6) is -0.643. The highest BCUT2D eigenvalue weighted by Gasteiger charge is 2.34. The Bertz CT molecular complexity index is 822. The number of hydrogen-bond acceptors (Lipinski definition) is 3. The Morgan fingerprint density at radius 2 is 1.57 bits per heavy atom. The van der Waals surface area contributed by atoms with Gasteiger partial charge in [0, 0.05) is 29.7 Å². The number of methoxy groups -OCH3 is 1. The fourth-order valence-corrected chi connectivity index (χ4v) is 7.01. The minimum atomic E-state index is -1.99. The summed E-state index contributed by atoms with van der Waals surface area (Å²) in [4.78, 5) is 0. The van der Waals surface area contributed by atoms with Crippen molar-refractivity contribution in [3.05, 3.63) is 63.1 Å². The molecule has 0 heterocycles. The van der Waals surface area contributed by atoms with Crippen molar-refractivity contribution in [1.29, 1.82) is 0 Å². The van der Waals surface area contributed by atoms with Crippen molar-refractivity contribution in [3.8, 4) is 5.75 Å². The Kier molecular flexibility index (Phi) is 9.56. The molecule has 0 aliphatic carbocycles. The first-order valence-electron chi connectivity index (χ1n) is 10.1. The topological polar surface area (TPSA) is 30.5 Å². The lowest BCUT2D eigenvalue weighted by molar-refractivity contribution is 0.181. The van der Waals surface area contributed by atoms with Crippen LogP contribution in [0, 0.1) is 11.6 Å². The van der Waals surface area contributed by atoms with E-state index in [0.717, 1.165) is 29.8 Å². The summed E-state index contributed by atoms with van der Waals surface area (Å²) in [5, 5.41) is 4.21. The minimum Gasteiger partial charge on any atom is -0.496 e. The maximum atomic E-state index is 13.5. The van der Waals surface area contributed by atoms with Gasteiger partial charge in [-0.1, -0.05) is 44.0 Å². The molecule has 8 heteroatoms. The van der Waals surface area contributed by atoms with Crippen LogP contribution < -0.4 is 10.1 Å². The highest BCUT2D eigenvalue weighted by atomic mass is 35.5. The fourth-order valence-electron chi connectivity index (χ4n) is 3.61. The van der Waals surface area contributed by atoms with E-state index in [2.05, 4.69) is 26.1 Å². The minimum absolute atomic E-state index is 0.293. The lowest BCUT2D eigenvalue weighted by Gasteiger charge is -2.34. The van der Waals surface area contributed by atoms with Gasteiger partial charge < -0.3 is 14.5 Å². The Morgan fingerprint density at radius 1 is 0.967 bits per heavy atom.